The van der Waals surface area contributed by atoms with Crippen LogP contribution < -0.4 is 10.6 Å². The average Bonchev–Trinajstić information content (AvgIpc) is 2.96. The average molecular weight is 306 g/mol. The summed E-state index contributed by atoms with van der Waals surface area (Å²) in [5.41, 5.74) is 4.14. The Morgan fingerprint density at radius 2 is 2.19 bits per heavy atom. The number of aryl methyl sites for hydroxylation is 3. The van der Waals surface area contributed by atoms with Crippen molar-refractivity contribution in [3.63, 3.8) is 0 Å². The van der Waals surface area contributed by atoms with Gasteiger partial charge in [-0.05, 0) is 62.9 Å². The van der Waals surface area contributed by atoms with Crippen molar-refractivity contribution in [1.82, 2.24) is 10.6 Å². The lowest BCUT2D eigenvalue weighted by atomic mass is 10.0. The van der Waals surface area contributed by atoms with Crippen molar-refractivity contribution in [2.45, 2.75) is 45.6 Å². The van der Waals surface area contributed by atoms with E-state index in [0.717, 1.165) is 44.1 Å². The lowest BCUT2D eigenvalue weighted by Crippen LogP contribution is -2.39. The summed E-state index contributed by atoms with van der Waals surface area (Å²) in [6.07, 6.45) is 4.82. The summed E-state index contributed by atoms with van der Waals surface area (Å²) in [4.78, 5) is 0. The maximum atomic E-state index is 5.56. The van der Waals surface area contributed by atoms with E-state index in [2.05, 4.69) is 42.7 Å². The Bertz CT molecular complexity index is 470. The van der Waals surface area contributed by atoms with Crippen molar-refractivity contribution in [3.8, 4) is 0 Å². The van der Waals surface area contributed by atoms with E-state index in [4.69, 9.17) is 17.0 Å². The van der Waals surface area contributed by atoms with Gasteiger partial charge in [0.25, 0.3) is 0 Å². The Kier molecular flexibility index (Phi) is 6.46. The molecule has 0 unspecified atom stereocenters. The van der Waals surface area contributed by atoms with Gasteiger partial charge in [-0.1, -0.05) is 23.8 Å². The molecule has 0 amide bonds. The molecule has 0 aromatic heterocycles. The van der Waals surface area contributed by atoms with Gasteiger partial charge in [0.05, 0.1) is 6.10 Å². The van der Waals surface area contributed by atoms with Gasteiger partial charge in [-0.15, -0.1) is 0 Å². The second kappa shape index (κ2) is 8.35. The zero-order valence-corrected chi connectivity index (χ0v) is 13.9. The molecule has 0 radical (unpaired) electrons. The third-order valence-electron chi connectivity index (χ3n) is 3.92. The highest BCUT2D eigenvalue weighted by molar-refractivity contribution is 7.80. The molecule has 1 atom stereocenters. The highest BCUT2D eigenvalue weighted by atomic mass is 32.1. The van der Waals surface area contributed by atoms with Crippen LogP contribution >= 0.6 is 12.2 Å². The molecule has 1 aromatic carbocycles. The number of nitrogens with one attached hydrogen (secondary N) is 2. The Labute approximate surface area is 133 Å². The minimum Gasteiger partial charge on any atom is -0.376 e. The maximum Gasteiger partial charge on any atom is 0.166 e. The normalized spacial score (nSPS) is 17.7. The number of hydrogen-bond donors (Lipinski definition) is 2. The maximum absolute atomic E-state index is 5.56. The van der Waals surface area contributed by atoms with E-state index in [0.29, 0.717) is 6.10 Å². The molecule has 1 saturated heterocycles. The minimum absolute atomic E-state index is 0.333. The second-order valence-electron chi connectivity index (χ2n) is 5.81. The fourth-order valence-electron chi connectivity index (χ4n) is 2.68. The summed E-state index contributed by atoms with van der Waals surface area (Å²) in [6.45, 7) is 6.94. The predicted molar refractivity (Wildman–Crippen MR) is 91.8 cm³/mol. The molecule has 1 aromatic rings. The second-order valence-corrected chi connectivity index (χ2v) is 6.21. The highest BCUT2D eigenvalue weighted by Gasteiger charge is 2.14. The first kappa shape index (κ1) is 16.2. The monoisotopic (exact) mass is 306 g/mol. The summed E-state index contributed by atoms with van der Waals surface area (Å²) < 4.78 is 5.56. The van der Waals surface area contributed by atoms with Gasteiger partial charge in [0.1, 0.15) is 0 Å². The first-order valence-electron chi connectivity index (χ1n) is 7.84. The fraction of sp³-hybridized carbons (Fsp3) is 0.588. The molecule has 21 heavy (non-hydrogen) atoms. The molecular weight excluding hydrogens is 280 g/mol. The van der Waals surface area contributed by atoms with Crippen LogP contribution in [-0.4, -0.2) is 30.9 Å². The summed E-state index contributed by atoms with van der Waals surface area (Å²) in [6, 6.07) is 6.67. The zero-order valence-electron chi connectivity index (χ0n) is 13.1. The fourth-order valence-corrected chi connectivity index (χ4v) is 2.87. The van der Waals surface area contributed by atoms with Crippen molar-refractivity contribution in [2.75, 3.05) is 19.7 Å². The lowest BCUT2D eigenvalue weighted by Gasteiger charge is -2.14. The van der Waals surface area contributed by atoms with E-state index in [9.17, 15) is 0 Å². The van der Waals surface area contributed by atoms with Gasteiger partial charge in [0.15, 0.2) is 5.11 Å². The summed E-state index contributed by atoms with van der Waals surface area (Å²) in [5, 5.41) is 7.25. The Morgan fingerprint density at radius 1 is 1.33 bits per heavy atom. The quantitative estimate of drug-likeness (QED) is 0.625. The Hall–Kier alpha value is -1.13. The van der Waals surface area contributed by atoms with E-state index in [1.807, 2.05) is 0 Å². The van der Waals surface area contributed by atoms with Gasteiger partial charge < -0.3 is 15.4 Å². The first-order chi connectivity index (χ1) is 10.1. The van der Waals surface area contributed by atoms with Crippen LogP contribution in [0, 0.1) is 13.8 Å². The molecule has 116 valence electrons. The van der Waals surface area contributed by atoms with Crippen molar-refractivity contribution < 1.29 is 4.74 Å². The van der Waals surface area contributed by atoms with E-state index < -0.39 is 0 Å². The number of hydrogen-bond acceptors (Lipinski definition) is 2. The van der Waals surface area contributed by atoms with Crippen molar-refractivity contribution in [3.05, 3.63) is 34.9 Å². The number of thiocarbonyl (C=S) groups is 1. The number of rotatable bonds is 6. The van der Waals surface area contributed by atoms with Crippen LogP contribution in [-0.2, 0) is 11.2 Å². The largest absolute Gasteiger partial charge is 0.376 e. The van der Waals surface area contributed by atoms with E-state index >= 15 is 0 Å². The van der Waals surface area contributed by atoms with Gasteiger partial charge in [0, 0.05) is 19.7 Å². The van der Waals surface area contributed by atoms with Crippen LogP contribution in [0.5, 0.6) is 0 Å². The van der Waals surface area contributed by atoms with Crippen LogP contribution in [0.3, 0.4) is 0 Å². The molecule has 2 rings (SSSR count). The third-order valence-corrected chi connectivity index (χ3v) is 4.21. The van der Waals surface area contributed by atoms with Gasteiger partial charge in [-0.2, -0.15) is 0 Å². The summed E-state index contributed by atoms with van der Waals surface area (Å²) >= 11 is 5.28. The topological polar surface area (TPSA) is 33.3 Å². The molecule has 0 bridgehead atoms. The van der Waals surface area contributed by atoms with E-state index in [1.54, 1.807) is 0 Å². The lowest BCUT2D eigenvalue weighted by molar-refractivity contribution is 0.114. The molecule has 3 nitrogen and oxygen atoms in total. The van der Waals surface area contributed by atoms with Crippen molar-refractivity contribution in [1.29, 1.82) is 0 Å². The highest BCUT2D eigenvalue weighted by Crippen LogP contribution is 2.12. The smallest absolute Gasteiger partial charge is 0.166 e. The molecule has 4 heteroatoms. The van der Waals surface area contributed by atoms with E-state index in [-0.39, 0.29) is 0 Å². The molecule has 1 aliphatic heterocycles. The molecule has 1 heterocycles. The first-order valence-corrected chi connectivity index (χ1v) is 8.25. The molecule has 1 aliphatic rings. The predicted octanol–water partition coefficient (Wildman–Crippen LogP) is 2.88. The van der Waals surface area contributed by atoms with Gasteiger partial charge in [-0.25, -0.2) is 0 Å². The number of benzene rings is 1. The van der Waals surface area contributed by atoms with Crippen LogP contribution in [0.2, 0.25) is 0 Å². The summed E-state index contributed by atoms with van der Waals surface area (Å²) in [5.74, 6) is 0. The van der Waals surface area contributed by atoms with Crippen LogP contribution in [0.15, 0.2) is 18.2 Å². The van der Waals surface area contributed by atoms with Crippen molar-refractivity contribution >= 4 is 17.3 Å². The molecule has 0 spiro atoms. The molecule has 0 aliphatic carbocycles. The number of ether oxygens (including phenoxy) is 1. The van der Waals surface area contributed by atoms with Gasteiger partial charge in [-0.3, -0.25) is 0 Å². The summed E-state index contributed by atoms with van der Waals surface area (Å²) in [7, 11) is 0. The van der Waals surface area contributed by atoms with Gasteiger partial charge >= 0.3 is 0 Å². The molecule has 2 N–H and O–H groups in total. The Balaban J connectivity index is 1.59. The standard InChI is InChI=1S/C17H26N2OS/c1-13-7-8-15(14(2)11-13)5-3-9-18-17(21)19-12-16-6-4-10-20-16/h7-8,11,16H,3-6,9-10,12H2,1-2H3,(H2,18,19,21)/t16-/m1/s1. The molecule has 1 fully saturated rings. The zero-order chi connectivity index (χ0) is 15.1. The van der Waals surface area contributed by atoms with Crippen molar-refractivity contribution in [2.24, 2.45) is 0 Å². The van der Waals surface area contributed by atoms with Crippen LogP contribution in [0.25, 0.3) is 0 Å². The molecule has 0 saturated carbocycles. The molecular formula is C17H26N2OS. The van der Waals surface area contributed by atoms with Crippen LogP contribution in [0.1, 0.15) is 36.0 Å². The van der Waals surface area contributed by atoms with Crippen LogP contribution in [0.4, 0.5) is 0 Å². The van der Waals surface area contributed by atoms with Gasteiger partial charge in [0.2, 0.25) is 0 Å². The Morgan fingerprint density at radius 3 is 2.90 bits per heavy atom. The SMILES string of the molecule is Cc1ccc(CCCNC(=S)NC[C@H]2CCCO2)c(C)c1. The third kappa shape index (κ3) is 5.64. The minimum atomic E-state index is 0.333. The van der Waals surface area contributed by atoms with E-state index in [1.165, 1.54) is 23.1 Å².